The second-order valence-electron chi connectivity index (χ2n) is 4.00. The molecule has 0 atom stereocenters. The van der Waals surface area contributed by atoms with E-state index in [0.717, 1.165) is 18.8 Å². The molecule has 0 aliphatic heterocycles. The van der Waals surface area contributed by atoms with E-state index in [-0.39, 0.29) is 5.78 Å². The smallest absolute Gasteiger partial charge is 0.158 e. The Kier molecular flexibility index (Phi) is 6.01. The number of halogens is 1. The third kappa shape index (κ3) is 4.26. The predicted molar refractivity (Wildman–Crippen MR) is 65.9 cm³/mol. The maximum Gasteiger partial charge on any atom is 0.158 e. The second kappa shape index (κ2) is 6.77. The fourth-order valence-electron chi connectivity index (χ4n) is 1.77. The second-order valence-corrected chi connectivity index (χ2v) is 4.88. The number of Topliss-reactive ketones (excluding diaryl/α,β-unsaturated/α-hetero) is 1. The first-order valence-electron chi connectivity index (χ1n) is 5.45. The van der Waals surface area contributed by atoms with Gasteiger partial charge >= 0.3 is 0 Å². The van der Waals surface area contributed by atoms with Crippen LogP contribution in [0.15, 0.2) is 0 Å². The van der Waals surface area contributed by atoms with Gasteiger partial charge in [0.2, 0.25) is 0 Å². The number of carbonyl (C=O) groups excluding carboxylic acids is 1. The summed E-state index contributed by atoms with van der Waals surface area (Å²) in [6, 6.07) is 0. The highest BCUT2D eigenvalue weighted by atomic mass is 127. The molecule has 0 amide bonds. The highest BCUT2D eigenvalue weighted by Gasteiger charge is 2.20. The minimum absolute atomic E-state index is 0.223. The molecule has 0 aromatic carbocycles. The average molecular weight is 310 g/mol. The summed E-state index contributed by atoms with van der Waals surface area (Å²) in [6.07, 6.45) is 5.78. The zero-order valence-corrected chi connectivity index (χ0v) is 11.0. The summed E-state index contributed by atoms with van der Waals surface area (Å²) < 4.78 is 6.84. The number of rotatable bonds is 5. The number of carbonyl (C=O) groups is 1. The zero-order chi connectivity index (χ0) is 10.4. The van der Waals surface area contributed by atoms with Gasteiger partial charge in [0.15, 0.2) is 5.78 Å². The number of ketones is 1. The largest absolute Gasteiger partial charge is 0.370 e. The van der Waals surface area contributed by atoms with E-state index < -0.39 is 0 Å². The number of hydrogen-bond acceptors (Lipinski definition) is 2. The van der Waals surface area contributed by atoms with E-state index in [1.54, 1.807) is 0 Å². The first-order valence-corrected chi connectivity index (χ1v) is 6.98. The van der Waals surface area contributed by atoms with E-state index in [0.29, 0.717) is 19.1 Å². The Balaban J connectivity index is 2.13. The van der Waals surface area contributed by atoms with E-state index in [9.17, 15) is 4.79 Å². The molecule has 3 heteroatoms. The van der Waals surface area contributed by atoms with Crippen molar-refractivity contribution in [3.05, 3.63) is 0 Å². The maximum absolute atomic E-state index is 11.0. The van der Waals surface area contributed by atoms with Gasteiger partial charge in [0.1, 0.15) is 6.61 Å². The minimum atomic E-state index is 0.223. The highest BCUT2D eigenvalue weighted by Crippen LogP contribution is 2.27. The summed E-state index contributed by atoms with van der Waals surface area (Å²) in [7, 11) is 0. The van der Waals surface area contributed by atoms with Crippen LogP contribution in [0.1, 0.15) is 39.0 Å². The van der Waals surface area contributed by atoms with Gasteiger partial charge in [0.25, 0.3) is 0 Å². The molecule has 0 aromatic rings. The van der Waals surface area contributed by atoms with Crippen molar-refractivity contribution in [1.82, 2.24) is 0 Å². The Morgan fingerprint density at radius 3 is 2.50 bits per heavy atom. The van der Waals surface area contributed by atoms with E-state index in [1.165, 1.54) is 17.3 Å². The summed E-state index contributed by atoms with van der Waals surface area (Å²) in [5, 5.41) is 0. The van der Waals surface area contributed by atoms with Crippen LogP contribution in [0.4, 0.5) is 0 Å². The Morgan fingerprint density at radius 2 is 2.00 bits per heavy atom. The fourth-order valence-corrected chi connectivity index (χ4v) is 2.65. The third-order valence-electron chi connectivity index (χ3n) is 2.89. The van der Waals surface area contributed by atoms with Crippen LogP contribution in [0.2, 0.25) is 0 Å². The van der Waals surface area contributed by atoms with Crippen molar-refractivity contribution in [2.45, 2.75) is 45.1 Å². The molecule has 0 unspecified atom stereocenters. The molecular weight excluding hydrogens is 291 g/mol. The summed E-state index contributed by atoms with van der Waals surface area (Å²) >= 11 is 2.46. The van der Waals surface area contributed by atoms with Crippen LogP contribution < -0.4 is 0 Å². The summed E-state index contributed by atoms with van der Waals surface area (Å²) in [5.41, 5.74) is 0. The molecule has 0 heterocycles. The lowest BCUT2D eigenvalue weighted by molar-refractivity contribution is -0.126. The van der Waals surface area contributed by atoms with Gasteiger partial charge in [-0.25, -0.2) is 0 Å². The normalized spacial score (nSPS) is 27.6. The van der Waals surface area contributed by atoms with Gasteiger partial charge in [-0.05, 0) is 31.6 Å². The lowest BCUT2D eigenvalue weighted by Gasteiger charge is -2.27. The average Bonchev–Trinajstić information content (AvgIpc) is 2.26. The van der Waals surface area contributed by atoms with Crippen molar-refractivity contribution in [1.29, 1.82) is 0 Å². The molecule has 0 saturated heterocycles. The number of hydrogen-bond donors (Lipinski definition) is 0. The first-order chi connectivity index (χ1) is 6.76. The van der Waals surface area contributed by atoms with Crippen LogP contribution in [0.3, 0.4) is 0 Å². The van der Waals surface area contributed by atoms with Crippen LogP contribution in [0.25, 0.3) is 0 Å². The lowest BCUT2D eigenvalue weighted by Crippen LogP contribution is -2.24. The molecule has 1 saturated carbocycles. The van der Waals surface area contributed by atoms with Crippen LogP contribution in [0, 0.1) is 5.92 Å². The van der Waals surface area contributed by atoms with E-state index in [4.69, 9.17) is 4.74 Å². The molecule has 14 heavy (non-hydrogen) atoms. The molecule has 2 nitrogen and oxygen atoms in total. The van der Waals surface area contributed by atoms with Gasteiger partial charge in [-0.2, -0.15) is 0 Å². The van der Waals surface area contributed by atoms with Crippen molar-refractivity contribution in [2.24, 2.45) is 5.92 Å². The summed E-state index contributed by atoms with van der Waals surface area (Å²) in [4.78, 5) is 11.0. The Hall–Kier alpha value is 0.360. The SMILES string of the molecule is CCC(=O)COC1CCC(CI)CC1. The molecule has 0 spiro atoms. The zero-order valence-electron chi connectivity index (χ0n) is 8.80. The molecule has 1 rings (SSSR count). The van der Waals surface area contributed by atoms with Crippen LogP contribution >= 0.6 is 22.6 Å². The minimum Gasteiger partial charge on any atom is -0.370 e. The number of ether oxygens (including phenoxy) is 1. The van der Waals surface area contributed by atoms with Crippen LogP contribution in [0.5, 0.6) is 0 Å². The highest BCUT2D eigenvalue weighted by molar-refractivity contribution is 14.1. The molecule has 1 aliphatic carbocycles. The maximum atomic E-state index is 11.0. The van der Waals surface area contributed by atoms with Crippen molar-refractivity contribution in [3.8, 4) is 0 Å². The van der Waals surface area contributed by atoms with Gasteiger partial charge in [-0.1, -0.05) is 29.5 Å². The van der Waals surface area contributed by atoms with E-state index in [1.807, 2.05) is 6.92 Å². The van der Waals surface area contributed by atoms with Gasteiger partial charge in [-0.15, -0.1) is 0 Å². The summed E-state index contributed by atoms with van der Waals surface area (Å²) in [5.74, 6) is 1.11. The Labute approximate surface area is 99.9 Å². The Morgan fingerprint density at radius 1 is 1.36 bits per heavy atom. The van der Waals surface area contributed by atoms with Crippen molar-refractivity contribution in [3.63, 3.8) is 0 Å². The molecule has 0 aromatic heterocycles. The van der Waals surface area contributed by atoms with Crippen molar-refractivity contribution >= 4 is 28.4 Å². The molecule has 1 aliphatic rings. The van der Waals surface area contributed by atoms with Crippen LogP contribution in [-0.4, -0.2) is 22.9 Å². The topological polar surface area (TPSA) is 26.3 Å². The molecule has 1 fully saturated rings. The quantitative estimate of drug-likeness (QED) is 0.576. The molecule has 0 bridgehead atoms. The van der Waals surface area contributed by atoms with Crippen molar-refractivity contribution in [2.75, 3.05) is 11.0 Å². The molecular formula is C11H19IO2. The van der Waals surface area contributed by atoms with E-state index >= 15 is 0 Å². The van der Waals surface area contributed by atoms with Gasteiger partial charge in [0, 0.05) is 10.8 Å². The van der Waals surface area contributed by atoms with Crippen molar-refractivity contribution < 1.29 is 9.53 Å². The Bertz CT molecular complexity index is 174. The summed E-state index contributed by atoms with van der Waals surface area (Å²) in [6.45, 7) is 2.22. The predicted octanol–water partition coefficient (Wildman–Crippen LogP) is 2.98. The van der Waals surface area contributed by atoms with Gasteiger partial charge < -0.3 is 4.74 Å². The fraction of sp³-hybridized carbons (Fsp3) is 0.909. The van der Waals surface area contributed by atoms with Gasteiger partial charge in [-0.3, -0.25) is 4.79 Å². The van der Waals surface area contributed by atoms with E-state index in [2.05, 4.69) is 22.6 Å². The van der Waals surface area contributed by atoms with Gasteiger partial charge in [0.05, 0.1) is 6.10 Å². The standard InChI is InChI=1S/C11H19IO2/c1-2-10(13)8-14-11-5-3-9(7-12)4-6-11/h9,11H,2-8H2,1H3. The lowest BCUT2D eigenvalue weighted by atomic mass is 9.89. The third-order valence-corrected chi connectivity index (χ3v) is 4.13. The molecule has 0 radical (unpaired) electrons. The van der Waals surface area contributed by atoms with Crippen LogP contribution in [-0.2, 0) is 9.53 Å². The molecule has 0 N–H and O–H groups in total. The monoisotopic (exact) mass is 310 g/mol. The number of alkyl halides is 1. The first kappa shape index (κ1) is 12.4. The molecule has 82 valence electrons.